The molecule has 0 saturated carbocycles. The smallest absolute Gasteiger partial charge is 0.255 e. The van der Waals surface area contributed by atoms with E-state index < -0.39 is 0 Å². The second kappa shape index (κ2) is 8.15. The summed E-state index contributed by atoms with van der Waals surface area (Å²) in [5, 5.41) is 5.63. The summed E-state index contributed by atoms with van der Waals surface area (Å²) in [6, 6.07) is 13.8. The fraction of sp³-hybridized carbons (Fsp3) is 0.263. The van der Waals surface area contributed by atoms with Gasteiger partial charge in [-0.2, -0.15) is 0 Å². The Morgan fingerprint density at radius 3 is 1.96 bits per heavy atom. The third-order valence-corrected chi connectivity index (χ3v) is 3.25. The van der Waals surface area contributed by atoms with Crippen molar-refractivity contribution in [3.05, 3.63) is 59.7 Å². The molecule has 0 aromatic heterocycles. The van der Waals surface area contributed by atoms with Crippen LogP contribution in [0.2, 0.25) is 0 Å². The normalized spacial score (nSPS) is 10.3. The van der Waals surface area contributed by atoms with Gasteiger partial charge in [-0.25, -0.2) is 0 Å². The maximum atomic E-state index is 12.2. The molecule has 0 bridgehead atoms. The van der Waals surface area contributed by atoms with E-state index in [0.29, 0.717) is 23.4 Å². The van der Waals surface area contributed by atoms with Gasteiger partial charge in [-0.15, -0.1) is 0 Å². The number of carbonyl (C=O) groups is 2. The maximum Gasteiger partial charge on any atom is 0.255 e. The SMILES string of the molecule is CCOc1ccc(NC(=O)c2ccc(C(=O)NC(C)C)cc2)cc1. The van der Waals surface area contributed by atoms with Gasteiger partial charge in [-0.05, 0) is 69.3 Å². The average molecular weight is 326 g/mol. The molecule has 0 heterocycles. The predicted molar refractivity (Wildman–Crippen MR) is 94.6 cm³/mol. The second-order valence-corrected chi connectivity index (χ2v) is 5.62. The summed E-state index contributed by atoms with van der Waals surface area (Å²) in [5.41, 5.74) is 1.70. The molecular formula is C19H22N2O3. The van der Waals surface area contributed by atoms with E-state index in [-0.39, 0.29) is 17.9 Å². The predicted octanol–water partition coefficient (Wildman–Crippen LogP) is 3.48. The lowest BCUT2D eigenvalue weighted by Crippen LogP contribution is -2.30. The minimum atomic E-state index is -0.227. The zero-order chi connectivity index (χ0) is 17.5. The van der Waals surface area contributed by atoms with E-state index in [0.717, 1.165) is 5.75 Å². The molecule has 2 rings (SSSR count). The number of carbonyl (C=O) groups excluding carboxylic acids is 2. The van der Waals surface area contributed by atoms with Crippen molar-refractivity contribution in [1.82, 2.24) is 5.32 Å². The van der Waals surface area contributed by atoms with Crippen LogP contribution in [0.4, 0.5) is 5.69 Å². The Morgan fingerprint density at radius 2 is 1.46 bits per heavy atom. The monoisotopic (exact) mass is 326 g/mol. The molecule has 0 aliphatic carbocycles. The first-order valence-electron chi connectivity index (χ1n) is 7.94. The molecule has 0 saturated heterocycles. The number of nitrogens with one attached hydrogen (secondary N) is 2. The highest BCUT2D eigenvalue weighted by Crippen LogP contribution is 2.16. The molecule has 2 aromatic carbocycles. The average Bonchev–Trinajstić information content (AvgIpc) is 2.56. The van der Waals surface area contributed by atoms with E-state index in [2.05, 4.69) is 10.6 Å². The molecule has 0 fully saturated rings. The number of ether oxygens (including phenoxy) is 1. The number of amides is 2. The summed E-state index contributed by atoms with van der Waals surface area (Å²) in [5.74, 6) is 0.384. The van der Waals surface area contributed by atoms with Gasteiger partial charge in [0.05, 0.1) is 6.61 Å². The molecule has 5 heteroatoms. The lowest BCUT2D eigenvalue weighted by Gasteiger charge is -2.09. The Hall–Kier alpha value is -2.82. The fourth-order valence-corrected chi connectivity index (χ4v) is 2.12. The van der Waals surface area contributed by atoms with E-state index in [1.807, 2.05) is 20.8 Å². The van der Waals surface area contributed by atoms with Crippen LogP contribution in [0.1, 0.15) is 41.5 Å². The van der Waals surface area contributed by atoms with Gasteiger partial charge in [0.15, 0.2) is 0 Å². The van der Waals surface area contributed by atoms with Gasteiger partial charge in [-0.1, -0.05) is 0 Å². The van der Waals surface area contributed by atoms with Gasteiger partial charge in [0.25, 0.3) is 11.8 Å². The molecule has 126 valence electrons. The minimum absolute atomic E-state index is 0.0696. The molecule has 0 unspecified atom stereocenters. The number of hydrogen-bond acceptors (Lipinski definition) is 3. The second-order valence-electron chi connectivity index (χ2n) is 5.62. The number of anilines is 1. The van der Waals surface area contributed by atoms with Crippen molar-refractivity contribution >= 4 is 17.5 Å². The van der Waals surface area contributed by atoms with E-state index in [4.69, 9.17) is 4.74 Å². The van der Waals surface area contributed by atoms with Crippen molar-refractivity contribution in [2.24, 2.45) is 0 Å². The van der Waals surface area contributed by atoms with Gasteiger partial charge < -0.3 is 15.4 Å². The van der Waals surface area contributed by atoms with Crippen molar-refractivity contribution in [2.75, 3.05) is 11.9 Å². The highest BCUT2D eigenvalue weighted by molar-refractivity contribution is 6.05. The highest BCUT2D eigenvalue weighted by Gasteiger charge is 2.10. The van der Waals surface area contributed by atoms with E-state index in [1.165, 1.54) is 0 Å². The maximum absolute atomic E-state index is 12.2. The molecule has 24 heavy (non-hydrogen) atoms. The Kier molecular flexibility index (Phi) is 5.95. The summed E-state index contributed by atoms with van der Waals surface area (Å²) in [4.78, 5) is 24.1. The van der Waals surface area contributed by atoms with E-state index in [9.17, 15) is 9.59 Å². The standard InChI is InChI=1S/C19H22N2O3/c1-4-24-17-11-9-16(10-12-17)21-19(23)15-7-5-14(6-8-15)18(22)20-13(2)3/h5-13H,4H2,1-3H3,(H,20,22)(H,21,23). The highest BCUT2D eigenvalue weighted by atomic mass is 16.5. The summed E-state index contributed by atoms with van der Waals surface area (Å²) in [6.07, 6.45) is 0. The molecule has 0 aliphatic heterocycles. The van der Waals surface area contributed by atoms with Crippen LogP contribution in [0.3, 0.4) is 0 Å². The van der Waals surface area contributed by atoms with Gasteiger partial charge in [0, 0.05) is 22.9 Å². The molecule has 5 nitrogen and oxygen atoms in total. The Balaban J connectivity index is 2.00. The van der Waals surface area contributed by atoms with Crippen molar-refractivity contribution in [3.8, 4) is 5.75 Å². The minimum Gasteiger partial charge on any atom is -0.494 e. The van der Waals surface area contributed by atoms with Crippen molar-refractivity contribution in [1.29, 1.82) is 0 Å². The van der Waals surface area contributed by atoms with Crippen molar-refractivity contribution in [3.63, 3.8) is 0 Å². The van der Waals surface area contributed by atoms with Crippen molar-refractivity contribution in [2.45, 2.75) is 26.8 Å². The Labute approximate surface area is 142 Å². The van der Waals surface area contributed by atoms with Crippen LogP contribution in [-0.2, 0) is 0 Å². The van der Waals surface area contributed by atoms with Crippen LogP contribution in [0, 0.1) is 0 Å². The largest absolute Gasteiger partial charge is 0.494 e. The summed E-state index contributed by atoms with van der Waals surface area (Å²) < 4.78 is 5.36. The molecule has 0 spiro atoms. The fourth-order valence-electron chi connectivity index (χ4n) is 2.12. The molecule has 0 atom stereocenters. The lowest BCUT2D eigenvalue weighted by molar-refractivity contribution is 0.0941. The van der Waals surface area contributed by atoms with Crippen LogP contribution in [0.25, 0.3) is 0 Å². The first-order chi connectivity index (χ1) is 11.5. The van der Waals surface area contributed by atoms with Crippen LogP contribution in [0.15, 0.2) is 48.5 Å². The quantitative estimate of drug-likeness (QED) is 0.854. The van der Waals surface area contributed by atoms with Crippen molar-refractivity contribution < 1.29 is 14.3 Å². The van der Waals surface area contributed by atoms with Gasteiger partial charge in [0.2, 0.25) is 0 Å². The molecule has 2 N–H and O–H groups in total. The number of rotatable bonds is 6. The van der Waals surface area contributed by atoms with E-state index >= 15 is 0 Å². The topological polar surface area (TPSA) is 67.4 Å². The number of hydrogen-bond donors (Lipinski definition) is 2. The summed E-state index contributed by atoms with van der Waals surface area (Å²) in [7, 11) is 0. The first kappa shape index (κ1) is 17.5. The van der Waals surface area contributed by atoms with Gasteiger partial charge in [0.1, 0.15) is 5.75 Å². The Morgan fingerprint density at radius 1 is 0.917 bits per heavy atom. The molecule has 0 aliphatic rings. The zero-order valence-electron chi connectivity index (χ0n) is 14.1. The van der Waals surface area contributed by atoms with Crippen LogP contribution < -0.4 is 15.4 Å². The third-order valence-electron chi connectivity index (χ3n) is 3.25. The molecule has 2 amide bonds. The van der Waals surface area contributed by atoms with Crippen LogP contribution in [0.5, 0.6) is 5.75 Å². The van der Waals surface area contributed by atoms with Crippen LogP contribution in [-0.4, -0.2) is 24.5 Å². The van der Waals surface area contributed by atoms with Gasteiger partial charge >= 0.3 is 0 Å². The van der Waals surface area contributed by atoms with Crippen LogP contribution >= 0.6 is 0 Å². The Bertz CT molecular complexity index is 692. The third kappa shape index (κ3) is 4.84. The first-order valence-corrected chi connectivity index (χ1v) is 7.94. The summed E-state index contributed by atoms with van der Waals surface area (Å²) in [6.45, 7) is 6.32. The molecule has 2 aromatic rings. The number of benzene rings is 2. The zero-order valence-corrected chi connectivity index (χ0v) is 14.1. The lowest BCUT2D eigenvalue weighted by atomic mass is 10.1. The van der Waals surface area contributed by atoms with E-state index in [1.54, 1.807) is 48.5 Å². The molecular weight excluding hydrogens is 304 g/mol. The molecule has 0 radical (unpaired) electrons. The summed E-state index contributed by atoms with van der Waals surface area (Å²) >= 11 is 0. The van der Waals surface area contributed by atoms with Gasteiger partial charge in [-0.3, -0.25) is 9.59 Å².